The first-order valence-corrected chi connectivity index (χ1v) is 8.47. The van der Waals surface area contributed by atoms with Crippen LogP contribution in [0.25, 0.3) is 11.3 Å². The number of carbonyl (C=O) groups excluding carboxylic acids is 2. The van der Waals surface area contributed by atoms with Crippen molar-refractivity contribution >= 4 is 11.7 Å². The van der Waals surface area contributed by atoms with Gasteiger partial charge in [0.1, 0.15) is 11.4 Å². The van der Waals surface area contributed by atoms with Gasteiger partial charge in [-0.1, -0.05) is 57.0 Å². The second-order valence-corrected chi connectivity index (χ2v) is 6.03. The van der Waals surface area contributed by atoms with Crippen LogP contribution in [0.4, 0.5) is 0 Å². The zero-order chi connectivity index (χ0) is 17.7. The number of benzene rings is 1. The SMILES string of the molecule is CCCCC(CC)C(=O)c1c(-c2ccccc2)nc(C(N)=O)n1C. The van der Waals surface area contributed by atoms with Crippen LogP contribution < -0.4 is 5.73 Å². The second kappa shape index (κ2) is 7.90. The number of ketones is 1. The quantitative estimate of drug-likeness (QED) is 0.753. The number of amides is 1. The van der Waals surface area contributed by atoms with Crippen molar-refractivity contribution in [3.05, 3.63) is 41.9 Å². The third kappa shape index (κ3) is 3.55. The van der Waals surface area contributed by atoms with E-state index < -0.39 is 5.91 Å². The molecule has 0 saturated carbocycles. The molecule has 0 aliphatic carbocycles. The number of Topliss-reactive ketones (excluding diaryl/α,β-unsaturated/α-hetero) is 1. The van der Waals surface area contributed by atoms with Gasteiger partial charge in [0.15, 0.2) is 11.6 Å². The number of hydrogen-bond donors (Lipinski definition) is 1. The predicted octanol–water partition coefficient (Wildman–Crippen LogP) is 3.59. The van der Waals surface area contributed by atoms with Crippen molar-refractivity contribution in [3.8, 4) is 11.3 Å². The molecule has 0 aliphatic heterocycles. The van der Waals surface area contributed by atoms with E-state index in [2.05, 4.69) is 11.9 Å². The average molecular weight is 327 g/mol. The van der Waals surface area contributed by atoms with Crippen LogP contribution in [0, 0.1) is 5.92 Å². The highest BCUT2D eigenvalue weighted by molar-refractivity contribution is 6.03. The Morgan fingerprint density at radius 1 is 1.21 bits per heavy atom. The van der Waals surface area contributed by atoms with Gasteiger partial charge >= 0.3 is 0 Å². The van der Waals surface area contributed by atoms with Crippen molar-refractivity contribution in [1.82, 2.24) is 9.55 Å². The Hall–Kier alpha value is -2.43. The molecule has 2 N–H and O–H groups in total. The van der Waals surface area contributed by atoms with Gasteiger partial charge in [0.05, 0.1) is 0 Å². The first kappa shape index (κ1) is 17.9. The fraction of sp³-hybridized carbons (Fsp3) is 0.421. The van der Waals surface area contributed by atoms with Gasteiger partial charge in [-0.25, -0.2) is 4.98 Å². The number of carbonyl (C=O) groups is 2. The summed E-state index contributed by atoms with van der Waals surface area (Å²) in [5, 5.41) is 0. The number of hydrogen-bond acceptors (Lipinski definition) is 3. The number of nitrogens with two attached hydrogens (primary N) is 1. The summed E-state index contributed by atoms with van der Waals surface area (Å²) in [6.07, 6.45) is 3.67. The van der Waals surface area contributed by atoms with Gasteiger partial charge in [-0.15, -0.1) is 0 Å². The molecular weight excluding hydrogens is 302 g/mol. The van der Waals surface area contributed by atoms with Crippen LogP contribution in [-0.2, 0) is 7.05 Å². The van der Waals surface area contributed by atoms with E-state index >= 15 is 0 Å². The molecule has 0 fully saturated rings. The Morgan fingerprint density at radius 2 is 1.88 bits per heavy atom. The predicted molar refractivity (Wildman–Crippen MR) is 94.8 cm³/mol. The Kier molecular flexibility index (Phi) is 5.90. The Labute approximate surface area is 142 Å². The third-order valence-electron chi connectivity index (χ3n) is 4.37. The molecule has 1 unspecified atom stereocenters. The lowest BCUT2D eigenvalue weighted by Gasteiger charge is -2.15. The second-order valence-electron chi connectivity index (χ2n) is 6.03. The molecule has 1 aromatic heterocycles. The molecule has 0 bridgehead atoms. The van der Waals surface area contributed by atoms with Gasteiger partial charge in [-0.05, 0) is 12.8 Å². The van der Waals surface area contributed by atoms with Gasteiger partial charge < -0.3 is 10.3 Å². The molecule has 1 atom stereocenters. The zero-order valence-corrected chi connectivity index (χ0v) is 14.6. The zero-order valence-electron chi connectivity index (χ0n) is 14.6. The van der Waals surface area contributed by atoms with Crippen LogP contribution in [0.5, 0.6) is 0 Å². The van der Waals surface area contributed by atoms with Crippen LogP contribution in [-0.4, -0.2) is 21.2 Å². The van der Waals surface area contributed by atoms with Crippen molar-refractivity contribution in [1.29, 1.82) is 0 Å². The van der Waals surface area contributed by atoms with Crippen molar-refractivity contribution in [2.75, 3.05) is 0 Å². The van der Waals surface area contributed by atoms with E-state index in [1.807, 2.05) is 37.3 Å². The van der Waals surface area contributed by atoms with Gasteiger partial charge in [-0.3, -0.25) is 9.59 Å². The molecule has 24 heavy (non-hydrogen) atoms. The van der Waals surface area contributed by atoms with E-state index in [9.17, 15) is 9.59 Å². The maximum absolute atomic E-state index is 13.1. The molecule has 2 aromatic rings. The summed E-state index contributed by atoms with van der Waals surface area (Å²) in [5.74, 6) is -0.547. The van der Waals surface area contributed by atoms with Crippen LogP contribution in [0.1, 0.15) is 60.6 Å². The van der Waals surface area contributed by atoms with Crippen LogP contribution in [0.3, 0.4) is 0 Å². The third-order valence-corrected chi connectivity index (χ3v) is 4.37. The molecule has 1 amide bonds. The number of primary amides is 1. The Morgan fingerprint density at radius 3 is 2.42 bits per heavy atom. The highest BCUT2D eigenvalue weighted by Crippen LogP contribution is 2.28. The highest BCUT2D eigenvalue weighted by Gasteiger charge is 2.28. The minimum atomic E-state index is -0.629. The standard InChI is InChI=1S/C19H25N3O2/c1-4-6-10-13(5-2)17(23)16-15(14-11-8-7-9-12-14)21-19(18(20)24)22(16)3/h7-9,11-13H,4-6,10H2,1-3H3,(H2,20,24). The summed E-state index contributed by atoms with van der Waals surface area (Å²) in [7, 11) is 1.68. The van der Waals surface area contributed by atoms with E-state index in [0.717, 1.165) is 31.2 Å². The van der Waals surface area contributed by atoms with Crippen molar-refractivity contribution in [3.63, 3.8) is 0 Å². The monoisotopic (exact) mass is 327 g/mol. The molecule has 2 rings (SSSR count). The number of unbranched alkanes of at least 4 members (excludes halogenated alkanes) is 1. The molecule has 0 spiro atoms. The summed E-state index contributed by atoms with van der Waals surface area (Å²) < 4.78 is 1.54. The smallest absolute Gasteiger partial charge is 0.284 e. The molecule has 5 nitrogen and oxygen atoms in total. The topological polar surface area (TPSA) is 78.0 Å². The van der Waals surface area contributed by atoms with E-state index in [-0.39, 0.29) is 17.5 Å². The van der Waals surface area contributed by atoms with Crippen molar-refractivity contribution in [2.24, 2.45) is 18.7 Å². The first-order valence-electron chi connectivity index (χ1n) is 8.47. The lowest BCUT2D eigenvalue weighted by molar-refractivity contribution is 0.0900. The van der Waals surface area contributed by atoms with E-state index in [1.54, 1.807) is 11.6 Å². The molecule has 1 aromatic carbocycles. The van der Waals surface area contributed by atoms with Crippen LogP contribution in [0.15, 0.2) is 30.3 Å². The summed E-state index contributed by atoms with van der Waals surface area (Å²) in [4.78, 5) is 29.2. The van der Waals surface area contributed by atoms with E-state index in [1.165, 1.54) is 0 Å². The number of rotatable bonds is 8. The molecule has 0 aliphatic rings. The Balaban J connectivity index is 2.54. The van der Waals surface area contributed by atoms with Crippen LogP contribution >= 0.6 is 0 Å². The fourth-order valence-electron chi connectivity index (χ4n) is 2.96. The van der Waals surface area contributed by atoms with Gasteiger partial charge in [0, 0.05) is 18.5 Å². The van der Waals surface area contributed by atoms with Gasteiger partial charge in [-0.2, -0.15) is 0 Å². The molecule has 0 saturated heterocycles. The average Bonchev–Trinajstić information content (AvgIpc) is 2.93. The summed E-state index contributed by atoms with van der Waals surface area (Å²) >= 11 is 0. The molecule has 1 heterocycles. The molecule has 0 radical (unpaired) electrons. The maximum atomic E-state index is 13.1. The summed E-state index contributed by atoms with van der Waals surface area (Å²) in [6.45, 7) is 4.13. The van der Waals surface area contributed by atoms with Crippen molar-refractivity contribution < 1.29 is 9.59 Å². The number of aromatic nitrogens is 2. The van der Waals surface area contributed by atoms with E-state index in [4.69, 9.17) is 5.73 Å². The summed E-state index contributed by atoms with van der Waals surface area (Å²) in [6, 6.07) is 9.44. The molecular formula is C19H25N3O2. The lowest BCUT2D eigenvalue weighted by Crippen LogP contribution is -2.21. The minimum absolute atomic E-state index is 0.0345. The maximum Gasteiger partial charge on any atom is 0.284 e. The van der Waals surface area contributed by atoms with Gasteiger partial charge in [0.25, 0.3) is 5.91 Å². The first-order chi connectivity index (χ1) is 11.5. The van der Waals surface area contributed by atoms with Gasteiger partial charge in [0.2, 0.25) is 0 Å². The number of imidazole rings is 1. The largest absolute Gasteiger partial charge is 0.363 e. The lowest BCUT2D eigenvalue weighted by atomic mass is 9.91. The molecule has 128 valence electrons. The summed E-state index contributed by atoms with van der Waals surface area (Å²) in [5.41, 5.74) is 7.25. The Bertz CT molecular complexity index is 720. The van der Waals surface area contributed by atoms with Crippen molar-refractivity contribution in [2.45, 2.75) is 39.5 Å². The van der Waals surface area contributed by atoms with E-state index in [0.29, 0.717) is 11.4 Å². The number of nitrogens with zero attached hydrogens (tertiary/aromatic N) is 2. The highest BCUT2D eigenvalue weighted by atomic mass is 16.1. The molecule has 5 heteroatoms. The minimum Gasteiger partial charge on any atom is -0.363 e. The fourth-order valence-corrected chi connectivity index (χ4v) is 2.96. The van der Waals surface area contributed by atoms with Crippen LogP contribution in [0.2, 0.25) is 0 Å². The normalized spacial score (nSPS) is 12.1.